The molecule has 1 fully saturated rings. The molecule has 7 heteroatoms. The molecule has 2 N–H and O–H groups in total. The van der Waals surface area contributed by atoms with Crippen molar-refractivity contribution in [2.75, 3.05) is 5.32 Å². The van der Waals surface area contributed by atoms with Gasteiger partial charge in [0.25, 0.3) is 0 Å². The van der Waals surface area contributed by atoms with Crippen molar-refractivity contribution in [2.24, 2.45) is 5.92 Å². The maximum absolute atomic E-state index is 13.8. The molecule has 23 heavy (non-hydrogen) atoms. The predicted octanol–water partition coefficient (Wildman–Crippen LogP) is 4.20. The van der Waals surface area contributed by atoms with Crippen molar-refractivity contribution in [1.29, 1.82) is 0 Å². The zero-order valence-electron chi connectivity index (χ0n) is 11.8. The standard InChI is InChI=1S/C16H12ClF3N2O/c17-11-6-7-13-12(9-11)15(16(18,19)20,22-14(23)21-13)8-2-1-3-10-4-5-10/h1,3,6-7,9-10H,4-5H2,(H2,21,22,23)/b3-1+. The third-order valence-corrected chi connectivity index (χ3v) is 3.93. The van der Waals surface area contributed by atoms with Gasteiger partial charge in [-0.3, -0.25) is 0 Å². The second-order valence-electron chi connectivity index (χ2n) is 5.48. The number of rotatable bonds is 1. The molecule has 3 rings (SSSR count). The van der Waals surface area contributed by atoms with E-state index in [0.717, 1.165) is 18.9 Å². The SMILES string of the molecule is O=C1Nc2ccc(Cl)cc2C(C#C/C=C/C2CC2)(C(F)(F)F)N1. The molecule has 1 unspecified atom stereocenters. The van der Waals surface area contributed by atoms with E-state index in [4.69, 9.17) is 11.6 Å². The molecule has 2 amide bonds. The smallest absolute Gasteiger partial charge is 0.310 e. The van der Waals surface area contributed by atoms with Crippen LogP contribution in [0.15, 0.2) is 30.4 Å². The Balaban J connectivity index is 2.11. The number of alkyl halides is 3. The van der Waals surface area contributed by atoms with E-state index in [0.29, 0.717) is 5.92 Å². The van der Waals surface area contributed by atoms with E-state index < -0.39 is 17.7 Å². The summed E-state index contributed by atoms with van der Waals surface area (Å²) in [5.41, 5.74) is -2.97. The van der Waals surface area contributed by atoms with Crippen LogP contribution in [0.4, 0.5) is 23.7 Å². The van der Waals surface area contributed by atoms with Gasteiger partial charge in [0.15, 0.2) is 0 Å². The van der Waals surface area contributed by atoms with Gasteiger partial charge in [-0.1, -0.05) is 29.5 Å². The highest BCUT2D eigenvalue weighted by Crippen LogP contribution is 2.44. The highest BCUT2D eigenvalue weighted by atomic mass is 35.5. The number of nitrogens with one attached hydrogen (secondary N) is 2. The minimum atomic E-state index is -4.80. The number of carbonyl (C=O) groups excluding carboxylic acids is 1. The number of halogens is 4. The first kappa shape index (κ1) is 15.8. The lowest BCUT2D eigenvalue weighted by molar-refractivity contribution is -0.178. The highest BCUT2D eigenvalue weighted by molar-refractivity contribution is 6.30. The third-order valence-electron chi connectivity index (χ3n) is 3.69. The number of hydrogen-bond acceptors (Lipinski definition) is 1. The average Bonchev–Trinajstić information content (AvgIpc) is 3.27. The first-order valence-corrected chi connectivity index (χ1v) is 7.35. The van der Waals surface area contributed by atoms with E-state index in [1.165, 1.54) is 18.2 Å². The summed E-state index contributed by atoms with van der Waals surface area (Å²) in [7, 11) is 0. The molecule has 1 aromatic rings. The van der Waals surface area contributed by atoms with Crippen molar-refractivity contribution >= 4 is 23.3 Å². The summed E-state index contributed by atoms with van der Waals surface area (Å²) in [5.74, 6) is 5.00. The van der Waals surface area contributed by atoms with E-state index >= 15 is 0 Å². The first-order valence-electron chi connectivity index (χ1n) is 6.97. The van der Waals surface area contributed by atoms with E-state index in [9.17, 15) is 18.0 Å². The zero-order valence-corrected chi connectivity index (χ0v) is 12.6. The molecule has 120 valence electrons. The Hall–Kier alpha value is -2.13. The summed E-state index contributed by atoms with van der Waals surface area (Å²) >= 11 is 5.83. The molecule has 0 spiro atoms. The van der Waals surface area contributed by atoms with Crippen LogP contribution >= 0.6 is 11.6 Å². The van der Waals surface area contributed by atoms with Gasteiger partial charge < -0.3 is 10.6 Å². The molecule has 3 nitrogen and oxygen atoms in total. The molecule has 1 aromatic carbocycles. The number of anilines is 1. The lowest BCUT2D eigenvalue weighted by atomic mass is 9.86. The maximum atomic E-state index is 13.8. The predicted molar refractivity (Wildman–Crippen MR) is 81.0 cm³/mol. The van der Waals surface area contributed by atoms with Crippen LogP contribution in [0.2, 0.25) is 5.02 Å². The van der Waals surface area contributed by atoms with Crippen LogP contribution in [-0.4, -0.2) is 12.2 Å². The molecule has 1 aliphatic carbocycles. The van der Waals surface area contributed by atoms with Gasteiger partial charge in [-0.15, -0.1) is 0 Å². The summed E-state index contributed by atoms with van der Waals surface area (Å²) in [6.45, 7) is 0. The topological polar surface area (TPSA) is 41.1 Å². The fourth-order valence-electron chi connectivity index (χ4n) is 2.34. The molecule has 0 aromatic heterocycles. The lowest BCUT2D eigenvalue weighted by Gasteiger charge is -2.37. The quantitative estimate of drug-likeness (QED) is 0.739. The molecule has 0 saturated heterocycles. The lowest BCUT2D eigenvalue weighted by Crippen LogP contribution is -2.59. The second-order valence-corrected chi connectivity index (χ2v) is 5.92. The number of benzene rings is 1. The van der Waals surface area contributed by atoms with Gasteiger partial charge in [-0.05, 0) is 43.0 Å². The van der Waals surface area contributed by atoms with Crippen molar-refractivity contribution in [2.45, 2.75) is 24.6 Å². The van der Waals surface area contributed by atoms with Crippen molar-refractivity contribution in [3.63, 3.8) is 0 Å². The van der Waals surface area contributed by atoms with Crippen LogP contribution in [0, 0.1) is 17.8 Å². The second kappa shape index (κ2) is 5.50. The Morgan fingerprint density at radius 1 is 1.35 bits per heavy atom. The average molecular weight is 341 g/mol. The normalized spacial score (nSPS) is 23.6. The molecule has 0 bridgehead atoms. The number of carbonyl (C=O) groups is 1. The molecule has 1 heterocycles. The number of urea groups is 1. The monoisotopic (exact) mass is 340 g/mol. The first-order chi connectivity index (χ1) is 10.8. The third kappa shape index (κ3) is 3.02. The van der Waals surface area contributed by atoms with Gasteiger partial charge >= 0.3 is 12.2 Å². The Bertz CT molecular complexity index is 744. The highest BCUT2D eigenvalue weighted by Gasteiger charge is 2.59. The van der Waals surface area contributed by atoms with Gasteiger partial charge in [0.05, 0.1) is 0 Å². The van der Waals surface area contributed by atoms with E-state index in [1.807, 2.05) is 5.32 Å². The van der Waals surface area contributed by atoms with Gasteiger partial charge in [-0.25, -0.2) is 4.79 Å². The maximum Gasteiger partial charge on any atom is 0.427 e. The molecule has 0 radical (unpaired) electrons. The minimum Gasteiger partial charge on any atom is -0.310 e. The molecule has 1 saturated carbocycles. The largest absolute Gasteiger partial charge is 0.427 e. The molecule has 1 atom stereocenters. The van der Waals surface area contributed by atoms with E-state index in [-0.39, 0.29) is 16.3 Å². The van der Waals surface area contributed by atoms with Crippen LogP contribution in [0.25, 0.3) is 0 Å². The molecular formula is C16H12ClF3N2O. The molecule has 1 aliphatic heterocycles. The molecular weight excluding hydrogens is 329 g/mol. The van der Waals surface area contributed by atoms with Gasteiger partial charge in [-0.2, -0.15) is 13.2 Å². The Morgan fingerprint density at radius 2 is 2.09 bits per heavy atom. The van der Waals surface area contributed by atoms with Gasteiger partial charge in [0.1, 0.15) is 0 Å². The summed E-state index contributed by atoms with van der Waals surface area (Å²) in [5, 5.41) is 4.38. The van der Waals surface area contributed by atoms with E-state index in [1.54, 1.807) is 6.08 Å². The minimum absolute atomic E-state index is 0.0379. The van der Waals surface area contributed by atoms with Crippen molar-refractivity contribution in [1.82, 2.24) is 5.32 Å². The molecule has 2 aliphatic rings. The Kier molecular flexibility index (Phi) is 3.77. The van der Waals surface area contributed by atoms with Gasteiger partial charge in [0.2, 0.25) is 5.54 Å². The Labute approximate surface area is 135 Å². The summed E-state index contributed by atoms with van der Waals surface area (Å²) in [6, 6.07) is 2.94. The van der Waals surface area contributed by atoms with Crippen LogP contribution in [0.1, 0.15) is 18.4 Å². The number of allylic oxidation sites excluding steroid dienone is 2. The van der Waals surface area contributed by atoms with Crippen LogP contribution in [0.5, 0.6) is 0 Å². The number of amides is 2. The summed E-state index contributed by atoms with van der Waals surface area (Å²) in [4.78, 5) is 11.7. The summed E-state index contributed by atoms with van der Waals surface area (Å²) in [6.07, 6.45) is 0.441. The fourth-order valence-corrected chi connectivity index (χ4v) is 2.51. The van der Waals surface area contributed by atoms with Crippen LogP contribution in [0.3, 0.4) is 0 Å². The van der Waals surface area contributed by atoms with Crippen molar-refractivity contribution < 1.29 is 18.0 Å². The number of fused-ring (bicyclic) bond motifs is 1. The van der Waals surface area contributed by atoms with Crippen molar-refractivity contribution in [3.8, 4) is 11.8 Å². The van der Waals surface area contributed by atoms with Crippen LogP contribution in [-0.2, 0) is 5.54 Å². The fraction of sp³-hybridized carbons (Fsp3) is 0.312. The van der Waals surface area contributed by atoms with Crippen LogP contribution < -0.4 is 10.6 Å². The zero-order chi connectivity index (χ0) is 16.7. The Morgan fingerprint density at radius 3 is 2.74 bits per heavy atom. The summed E-state index contributed by atoms with van der Waals surface area (Å²) < 4.78 is 41.3. The van der Waals surface area contributed by atoms with E-state index in [2.05, 4.69) is 17.2 Å². The number of hydrogen-bond donors (Lipinski definition) is 2. The van der Waals surface area contributed by atoms with Crippen molar-refractivity contribution in [3.05, 3.63) is 40.9 Å². The van der Waals surface area contributed by atoms with Gasteiger partial charge in [0, 0.05) is 16.3 Å².